The van der Waals surface area contributed by atoms with E-state index in [2.05, 4.69) is 9.97 Å². The molecule has 0 spiro atoms. The first-order valence-corrected chi connectivity index (χ1v) is 5.82. The number of ether oxygens (including phenoxy) is 2. The molecule has 1 aromatic carbocycles. The van der Waals surface area contributed by atoms with Crippen molar-refractivity contribution in [1.29, 1.82) is 0 Å². The molecule has 0 fully saturated rings. The quantitative estimate of drug-likeness (QED) is 0.788. The molecular formula is C14H14N2O3. The molecule has 0 aliphatic rings. The second kappa shape index (κ2) is 5.95. The average molecular weight is 258 g/mol. The van der Waals surface area contributed by atoms with Crippen LogP contribution in [0.3, 0.4) is 0 Å². The van der Waals surface area contributed by atoms with Gasteiger partial charge in [0.1, 0.15) is 17.4 Å². The van der Waals surface area contributed by atoms with Crippen LogP contribution in [0, 0.1) is 0 Å². The lowest BCUT2D eigenvalue weighted by Crippen LogP contribution is -2.10. The zero-order chi connectivity index (χ0) is 13.7. The zero-order valence-corrected chi connectivity index (χ0v) is 10.7. The minimum Gasteiger partial charge on any atom is -0.483 e. The Morgan fingerprint density at radius 1 is 1.26 bits per heavy atom. The number of hydrogen-bond acceptors (Lipinski definition) is 5. The number of esters is 1. The smallest absolute Gasteiger partial charge is 0.341 e. The summed E-state index contributed by atoms with van der Waals surface area (Å²) in [6, 6.07) is 6.93. The van der Waals surface area contributed by atoms with Gasteiger partial charge in [0.05, 0.1) is 19.0 Å². The van der Waals surface area contributed by atoms with Gasteiger partial charge in [0.25, 0.3) is 0 Å². The Labute approximate surface area is 111 Å². The van der Waals surface area contributed by atoms with Gasteiger partial charge in [-0.3, -0.25) is 9.97 Å². The third-order valence-corrected chi connectivity index (χ3v) is 2.60. The van der Waals surface area contributed by atoms with Gasteiger partial charge >= 0.3 is 5.97 Å². The average Bonchev–Trinajstić information content (AvgIpc) is 2.48. The van der Waals surface area contributed by atoms with E-state index in [0.29, 0.717) is 17.0 Å². The summed E-state index contributed by atoms with van der Waals surface area (Å²) in [5, 5.41) is 0. The summed E-state index contributed by atoms with van der Waals surface area (Å²) in [6.07, 6.45) is 4.52. The molecule has 0 aliphatic carbocycles. The van der Waals surface area contributed by atoms with E-state index in [9.17, 15) is 4.79 Å². The molecule has 1 aromatic heterocycles. The van der Waals surface area contributed by atoms with Crippen LogP contribution in [-0.4, -0.2) is 23.0 Å². The normalized spacial score (nSPS) is 11.7. The number of benzene rings is 1. The summed E-state index contributed by atoms with van der Waals surface area (Å²) in [7, 11) is 1.34. The molecular weight excluding hydrogens is 244 g/mol. The monoisotopic (exact) mass is 258 g/mol. The Balaban J connectivity index is 2.22. The number of rotatable bonds is 4. The molecule has 19 heavy (non-hydrogen) atoms. The number of carbonyl (C=O) groups excluding carboxylic acids is 1. The van der Waals surface area contributed by atoms with E-state index in [-0.39, 0.29) is 6.10 Å². The highest BCUT2D eigenvalue weighted by Gasteiger charge is 2.16. The third kappa shape index (κ3) is 3.07. The topological polar surface area (TPSA) is 61.3 Å². The molecule has 0 saturated heterocycles. The Morgan fingerprint density at radius 3 is 2.74 bits per heavy atom. The van der Waals surface area contributed by atoms with Crippen molar-refractivity contribution in [3.63, 3.8) is 0 Å². The zero-order valence-electron chi connectivity index (χ0n) is 10.7. The van der Waals surface area contributed by atoms with Crippen LogP contribution >= 0.6 is 0 Å². The fourth-order valence-corrected chi connectivity index (χ4v) is 1.62. The van der Waals surface area contributed by atoms with E-state index in [0.717, 1.165) is 0 Å². The van der Waals surface area contributed by atoms with E-state index in [1.807, 2.05) is 6.92 Å². The molecule has 0 bridgehead atoms. The van der Waals surface area contributed by atoms with Gasteiger partial charge in [-0.15, -0.1) is 0 Å². The number of carbonyl (C=O) groups is 1. The van der Waals surface area contributed by atoms with Crippen LogP contribution in [0.25, 0.3) is 0 Å². The van der Waals surface area contributed by atoms with Crippen LogP contribution in [0.5, 0.6) is 5.75 Å². The van der Waals surface area contributed by atoms with Crippen molar-refractivity contribution in [1.82, 2.24) is 9.97 Å². The van der Waals surface area contributed by atoms with Crippen LogP contribution in [0.4, 0.5) is 0 Å². The maximum atomic E-state index is 11.6. The summed E-state index contributed by atoms with van der Waals surface area (Å²) in [4.78, 5) is 19.8. The Morgan fingerprint density at radius 2 is 2.05 bits per heavy atom. The Kier molecular flexibility index (Phi) is 4.07. The van der Waals surface area contributed by atoms with E-state index in [4.69, 9.17) is 9.47 Å². The summed E-state index contributed by atoms with van der Waals surface area (Å²) in [5.41, 5.74) is 1.09. The van der Waals surface area contributed by atoms with E-state index < -0.39 is 5.97 Å². The predicted molar refractivity (Wildman–Crippen MR) is 68.9 cm³/mol. The maximum Gasteiger partial charge on any atom is 0.341 e. The SMILES string of the molecule is COC(=O)c1ccccc1OC(C)c1cnccn1. The molecule has 0 N–H and O–H groups in total. The largest absolute Gasteiger partial charge is 0.483 e. The third-order valence-electron chi connectivity index (χ3n) is 2.60. The standard InChI is InChI=1S/C14H14N2O3/c1-10(12-9-15-7-8-16-12)19-13-6-4-3-5-11(13)14(17)18-2/h3-10H,1-2H3. The summed E-state index contributed by atoms with van der Waals surface area (Å²) in [6.45, 7) is 1.85. The van der Waals surface area contributed by atoms with Gasteiger partial charge in [0.2, 0.25) is 0 Å². The maximum absolute atomic E-state index is 11.6. The first kappa shape index (κ1) is 13.0. The minimum absolute atomic E-state index is 0.306. The van der Waals surface area contributed by atoms with Crippen LogP contribution in [0.1, 0.15) is 29.1 Å². The highest BCUT2D eigenvalue weighted by Crippen LogP contribution is 2.24. The van der Waals surface area contributed by atoms with Crippen molar-refractivity contribution < 1.29 is 14.3 Å². The molecule has 5 heteroatoms. The van der Waals surface area contributed by atoms with Crippen LogP contribution < -0.4 is 4.74 Å². The van der Waals surface area contributed by atoms with Gasteiger partial charge in [0, 0.05) is 12.4 Å². The highest BCUT2D eigenvalue weighted by molar-refractivity contribution is 5.92. The lowest BCUT2D eigenvalue weighted by atomic mass is 10.2. The molecule has 0 amide bonds. The first-order chi connectivity index (χ1) is 9.22. The molecule has 5 nitrogen and oxygen atoms in total. The van der Waals surface area contributed by atoms with Crippen LogP contribution in [-0.2, 0) is 4.74 Å². The fraction of sp³-hybridized carbons (Fsp3) is 0.214. The molecule has 1 heterocycles. The molecule has 1 atom stereocenters. The fourth-order valence-electron chi connectivity index (χ4n) is 1.62. The number of methoxy groups -OCH3 is 1. The summed E-state index contributed by atoms with van der Waals surface area (Å²) < 4.78 is 10.5. The molecule has 1 unspecified atom stereocenters. The minimum atomic E-state index is -0.429. The number of hydrogen-bond donors (Lipinski definition) is 0. The van der Waals surface area contributed by atoms with Crippen LogP contribution in [0.15, 0.2) is 42.9 Å². The van der Waals surface area contributed by atoms with Gasteiger partial charge in [-0.25, -0.2) is 4.79 Å². The second-order valence-corrected chi connectivity index (χ2v) is 3.88. The van der Waals surface area contributed by atoms with Gasteiger partial charge in [-0.1, -0.05) is 12.1 Å². The van der Waals surface area contributed by atoms with Gasteiger partial charge in [-0.2, -0.15) is 0 Å². The van der Waals surface area contributed by atoms with Crippen molar-refractivity contribution >= 4 is 5.97 Å². The van der Waals surface area contributed by atoms with Gasteiger partial charge in [0.15, 0.2) is 0 Å². The molecule has 2 aromatic rings. The lowest BCUT2D eigenvalue weighted by molar-refractivity contribution is 0.0593. The summed E-state index contributed by atoms with van der Waals surface area (Å²) in [5.74, 6) is 0.0365. The Hall–Kier alpha value is -2.43. The number of para-hydroxylation sites is 1. The molecule has 0 radical (unpaired) electrons. The molecule has 98 valence electrons. The molecule has 0 saturated carbocycles. The van der Waals surface area contributed by atoms with E-state index in [1.165, 1.54) is 7.11 Å². The first-order valence-electron chi connectivity index (χ1n) is 5.82. The van der Waals surface area contributed by atoms with Gasteiger partial charge < -0.3 is 9.47 Å². The van der Waals surface area contributed by atoms with Crippen molar-refractivity contribution in [2.75, 3.05) is 7.11 Å². The lowest BCUT2D eigenvalue weighted by Gasteiger charge is -2.15. The highest BCUT2D eigenvalue weighted by atomic mass is 16.5. The van der Waals surface area contributed by atoms with Crippen molar-refractivity contribution in [2.45, 2.75) is 13.0 Å². The van der Waals surface area contributed by atoms with Crippen molar-refractivity contribution in [2.24, 2.45) is 0 Å². The van der Waals surface area contributed by atoms with Crippen molar-refractivity contribution in [3.8, 4) is 5.75 Å². The summed E-state index contributed by atoms with van der Waals surface area (Å²) >= 11 is 0. The van der Waals surface area contributed by atoms with Crippen molar-refractivity contribution in [3.05, 3.63) is 54.1 Å². The number of nitrogens with zero attached hydrogens (tertiary/aromatic N) is 2. The Bertz CT molecular complexity index is 558. The van der Waals surface area contributed by atoms with E-state index in [1.54, 1.807) is 42.9 Å². The number of aromatic nitrogens is 2. The molecule has 0 aliphatic heterocycles. The van der Waals surface area contributed by atoms with E-state index >= 15 is 0 Å². The second-order valence-electron chi connectivity index (χ2n) is 3.88. The molecule has 2 rings (SSSR count). The predicted octanol–water partition coefficient (Wildman–Crippen LogP) is 2.40. The van der Waals surface area contributed by atoms with Crippen LogP contribution in [0.2, 0.25) is 0 Å². The van der Waals surface area contributed by atoms with Gasteiger partial charge in [-0.05, 0) is 19.1 Å².